The summed E-state index contributed by atoms with van der Waals surface area (Å²) in [5.74, 6) is -0.113. The van der Waals surface area contributed by atoms with Gasteiger partial charge in [0.05, 0.1) is 11.9 Å². The molecule has 82 valence electrons. The number of nitrogens with one attached hydrogen (secondary N) is 1. The van der Waals surface area contributed by atoms with Crippen LogP contribution in [0.2, 0.25) is 0 Å². The molecule has 0 aliphatic rings. The Morgan fingerprint density at radius 1 is 1.38 bits per heavy atom. The van der Waals surface area contributed by atoms with Gasteiger partial charge in [-0.2, -0.15) is 4.39 Å². The van der Waals surface area contributed by atoms with Crippen molar-refractivity contribution in [1.29, 1.82) is 0 Å². The lowest BCUT2D eigenvalue weighted by Gasteiger charge is -2.01. The number of amides is 1. The number of aryl methyl sites for hydroxylation is 1. The Morgan fingerprint density at radius 2 is 2.19 bits per heavy atom. The molecule has 0 aliphatic heterocycles. The quantitative estimate of drug-likeness (QED) is 0.790. The van der Waals surface area contributed by atoms with Gasteiger partial charge in [0.2, 0.25) is 5.95 Å². The summed E-state index contributed by atoms with van der Waals surface area (Å²) in [6, 6.07) is 5.86. The maximum absolute atomic E-state index is 12.5. The highest BCUT2D eigenvalue weighted by molar-refractivity contribution is 6.02. The highest BCUT2D eigenvalue weighted by atomic mass is 19.1. The number of carbonyl (C=O) groups excluding carboxylic acids is 1. The van der Waals surface area contributed by atoms with Crippen molar-refractivity contribution in [2.24, 2.45) is 0 Å². The first-order valence-electron chi connectivity index (χ1n) is 4.64. The van der Waals surface area contributed by atoms with Gasteiger partial charge < -0.3 is 9.73 Å². The predicted octanol–water partition coefficient (Wildman–Crippen LogP) is 2.37. The number of anilines is 1. The monoisotopic (exact) mass is 220 g/mol. The molecule has 0 saturated carbocycles. The molecule has 0 atom stereocenters. The van der Waals surface area contributed by atoms with E-state index in [9.17, 15) is 9.18 Å². The molecule has 0 bridgehead atoms. The summed E-state index contributed by atoms with van der Waals surface area (Å²) in [5, 5.41) is 2.54. The molecular weight excluding hydrogens is 211 g/mol. The predicted molar refractivity (Wildman–Crippen MR) is 55.6 cm³/mol. The van der Waals surface area contributed by atoms with Gasteiger partial charge in [-0.1, -0.05) is 0 Å². The van der Waals surface area contributed by atoms with Crippen molar-refractivity contribution in [1.82, 2.24) is 4.98 Å². The molecule has 0 unspecified atom stereocenters. The van der Waals surface area contributed by atoms with E-state index in [0.717, 1.165) is 0 Å². The van der Waals surface area contributed by atoms with Crippen LogP contribution >= 0.6 is 0 Å². The zero-order chi connectivity index (χ0) is 11.5. The van der Waals surface area contributed by atoms with Gasteiger partial charge in [0.25, 0.3) is 5.91 Å². The average Bonchev–Trinajstić information content (AvgIpc) is 2.68. The Kier molecular flexibility index (Phi) is 2.68. The molecule has 1 N–H and O–H groups in total. The van der Waals surface area contributed by atoms with E-state index in [4.69, 9.17) is 4.42 Å². The molecule has 0 fully saturated rings. The van der Waals surface area contributed by atoms with Crippen LogP contribution in [0.25, 0.3) is 0 Å². The van der Waals surface area contributed by atoms with Crippen molar-refractivity contribution in [3.63, 3.8) is 0 Å². The van der Waals surface area contributed by atoms with E-state index in [1.54, 1.807) is 19.1 Å². The lowest BCUT2D eigenvalue weighted by Crippen LogP contribution is -2.11. The van der Waals surface area contributed by atoms with Crippen LogP contribution in [-0.4, -0.2) is 10.9 Å². The standard InChI is InChI=1S/C11H9FN2O2/c1-7-2-4-9(16-7)11(15)14-8-3-5-10(12)13-6-8/h2-6H,1H3,(H,14,15). The normalized spacial score (nSPS) is 10.1. The second-order valence-electron chi connectivity index (χ2n) is 3.23. The van der Waals surface area contributed by atoms with Gasteiger partial charge in [-0.25, -0.2) is 4.98 Å². The summed E-state index contributed by atoms with van der Waals surface area (Å²) >= 11 is 0. The van der Waals surface area contributed by atoms with E-state index >= 15 is 0 Å². The van der Waals surface area contributed by atoms with E-state index in [0.29, 0.717) is 11.4 Å². The number of halogens is 1. The smallest absolute Gasteiger partial charge is 0.291 e. The van der Waals surface area contributed by atoms with Crippen LogP contribution in [0, 0.1) is 12.9 Å². The van der Waals surface area contributed by atoms with Gasteiger partial charge in [0.15, 0.2) is 5.76 Å². The Labute approximate surface area is 91.1 Å². The first-order valence-corrected chi connectivity index (χ1v) is 4.64. The van der Waals surface area contributed by atoms with Gasteiger partial charge in [0, 0.05) is 0 Å². The lowest BCUT2D eigenvalue weighted by molar-refractivity contribution is 0.0995. The third kappa shape index (κ3) is 2.25. The molecule has 2 rings (SSSR count). The van der Waals surface area contributed by atoms with Crippen molar-refractivity contribution < 1.29 is 13.6 Å². The molecular formula is C11H9FN2O2. The minimum Gasteiger partial charge on any atom is -0.456 e. The highest BCUT2D eigenvalue weighted by Gasteiger charge is 2.09. The van der Waals surface area contributed by atoms with Crippen LogP contribution in [-0.2, 0) is 0 Å². The number of hydrogen-bond donors (Lipinski definition) is 1. The van der Waals surface area contributed by atoms with Crippen molar-refractivity contribution in [2.45, 2.75) is 6.92 Å². The first kappa shape index (κ1) is 10.4. The Morgan fingerprint density at radius 3 is 2.75 bits per heavy atom. The summed E-state index contributed by atoms with van der Waals surface area (Å²) in [6.07, 6.45) is 1.24. The second-order valence-corrected chi connectivity index (χ2v) is 3.23. The molecule has 0 aliphatic carbocycles. The van der Waals surface area contributed by atoms with E-state index in [2.05, 4.69) is 10.3 Å². The molecule has 0 radical (unpaired) electrons. The topological polar surface area (TPSA) is 55.1 Å². The Hall–Kier alpha value is -2.17. The SMILES string of the molecule is Cc1ccc(C(=O)Nc2ccc(F)nc2)o1. The van der Waals surface area contributed by atoms with Gasteiger partial charge in [-0.05, 0) is 31.2 Å². The van der Waals surface area contributed by atoms with E-state index < -0.39 is 5.95 Å². The molecule has 4 nitrogen and oxygen atoms in total. The second kappa shape index (κ2) is 4.14. The van der Waals surface area contributed by atoms with Crippen LogP contribution in [0.3, 0.4) is 0 Å². The van der Waals surface area contributed by atoms with Gasteiger partial charge in [-0.15, -0.1) is 0 Å². The van der Waals surface area contributed by atoms with Gasteiger partial charge in [-0.3, -0.25) is 4.79 Å². The fraction of sp³-hybridized carbons (Fsp3) is 0.0909. The summed E-state index contributed by atoms with van der Waals surface area (Å²) < 4.78 is 17.6. The molecule has 2 aromatic heterocycles. The number of rotatable bonds is 2. The molecule has 1 amide bonds. The summed E-state index contributed by atoms with van der Waals surface area (Å²) in [6.45, 7) is 1.75. The Bertz CT molecular complexity index is 505. The molecule has 16 heavy (non-hydrogen) atoms. The fourth-order valence-corrected chi connectivity index (χ4v) is 1.20. The highest BCUT2D eigenvalue weighted by Crippen LogP contribution is 2.10. The molecule has 0 saturated heterocycles. The minimum absolute atomic E-state index is 0.210. The molecule has 0 aromatic carbocycles. The average molecular weight is 220 g/mol. The van der Waals surface area contributed by atoms with Crippen molar-refractivity contribution in [3.8, 4) is 0 Å². The summed E-state index contributed by atoms with van der Waals surface area (Å²) in [7, 11) is 0. The van der Waals surface area contributed by atoms with Crippen LogP contribution < -0.4 is 5.32 Å². The third-order valence-corrected chi connectivity index (χ3v) is 1.95. The zero-order valence-corrected chi connectivity index (χ0v) is 8.53. The summed E-state index contributed by atoms with van der Waals surface area (Å²) in [5.41, 5.74) is 0.417. The first-order chi connectivity index (χ1) is 7.65. The zero-order valence-electron chi connectivity index (χ0n) is 8.53. The van der Waals surface area contributed by atoms with Crippen molar-refractivity contribution in [3.05, 3.63) is 47.9 Å². The van der Waals surface area contributed by atoms with Crippen LogP contribution in [0.1, 0.15) is 16.3 Å². The molecule has 2 aromatic rings. The maximum atomic E-state index is 12.5. The molecule has 5 heteroatoms. The Balaban J connectivity index is 2.10. The van der Waals surface area contributed by atoms with Crippen LogP contribution in [0.15, 0.2) is 34.9 Å². The van der Waals surface area contributed by atoms with Crippen molar-refractivity contribution in [2.75, 3.05) is 5.32 Å². The maximum Gasteiger partial charge on any atom is 0.291 e. The number of hydrogen-bond acceptors (Lipinski definition) is 3. The largest absolute Gasteiger partial charge is 0.456 e. The van der Waals surface area contributed by atoms with Crippen LogP contribution in [0.4, 0.5) is 10.1 Å². The van der Waals surface area contributed by atoms with Gasteiger partial charge in [0.1, 0.15) is 5.76 Å². The minimum atomic E-state index is -0.591. The van der Waals surface area contributed by atoms with Gasteiger partial charge >= 0.3 is 0 Å². The molecule has 2 heterocycles. The lowest BCUT2D eigenvalue weighted by atomic mass is 10.3. The van der Waals surface area contributed by atoms with E-state index in [1.165, 1.54) is 18.3 Å². The summed E-state index contributed by atoms with van der Waals surface area (Å²) in [4.78, 5) is 15.0. The molecule has 0 spiro atoms. The third-order valence-electron chi connectivity index (χ3n) is 1.95. The van der Waals surface area contributed by atoms with E-state index in [1.807, 2.05) is 0 Å². The fourth-order valence-electron chi connectivity index (χ4n) is 1.20. The number of carbonyl (C=O) groups is 1. The number of furan rings is 1. The number of aromatic nitrogens is 1. The number of nitrogens with zero attached hydrogens (tertiary/aromatic N) is 1. The number of pyridine rings is 1. The van der Waals surface area contributed by atoms with Crippen molar-refractivity contribution >= 4 is 11.6 Å². The van der Waals surface area contributed by atoms with E-state index in [-0.39, 0.29) is 11.7 Å². The van der Waals surface area contributed by atoms with Crippen LogP contribution in [0.5, 0.6) is 0 Å².